The lowest BCUT2D eigenvalue weighted by atomic mass is 10.1. The highest BCUT2D eigenvalue weighted by Crippen LogP contribution is 2.19. The van der Waals surface area contributed by atoms with Crippen LogP contribution in [0.4, 0.5) is 0 Å². The largest absolute Gasteiger partial charge is 0.492 e. The number of hydrogen-bond donors (Lipinski definition) is 3. The number of carbonyl (C=O) groups is 1. The van der Waals surface area contributed by atoms with E-state index in [-0.39, 0.29) is 11.9 Å². The smallest absolute Gasteiger partial charge is 0.255 e. The molecular formula is C19H22N2O3. The number of rotatable bonds is 6. The molecule has 0 aromatic heterocycles. The zero-order chi connectivity index (χ0) is 16.8. The first-order valence-corrected chi connectivity index (χ1v) is 8.19. The van der Waals surface area contributed by atoms with Gasteiger partial charge < -0.3 is 20.5 Å². The van der Waals surface area contributed by atoms with E-state index in [4.69, 9.17) is 4.74 Å². The fraction of sp³-hybridized carbons (Fsp3) is 0.316. The van der Waals surface area contributed by atoms with Crippen LogP contribution in [0.2, 0.25) is 0 Å². The van der Waals surface area contributed by atoms with Crippen LogP contribution in [0.15, 0.2) is 54.6 Å². The summed E-state index contributed by atoms with van der Waals surface area (Å²) in [6.07, 6.45) is 0.224. The summed E-state index contributed by atoms with van der Waals surface area (Å²) in [4.78, 5) is 12.5. The molecule has 1 aliphatic heterocycles. The van der Waals surface area contributed by atoms with E-state index in [0.717, 1.165) is 6.42 Å². The number of ether oxygens (including phenoxy) is 1. The highest BCUT2D eigenvalue weighted by Gasteiger charge is 2.27. The Morgan fingerprint density at radius 1 is 1.12 bits per heavy atom. The predicted molar refractivity (Wildman–Crippen MR) is 92.2 cm³/mol. The molecule has 2 atom stereocenters. The quantitative estimate of drug-likeness (QED) is 0.750. The Bertz CT molecular complexity index is 675. The number of hydrogen-bond acceptors (Lipinski definition) is 4. The van der Waals surface area contributed by atoms with Crippen LogP contribution < -0.4 is 15.4 Å². The first-order chi connectivity index (χ1) is 11.7. The molecule has 1 aliphatic rings. The van der Waals surface area contributed by atoms with E-state index in [1.54, 1.807) is 12.1 Å². The van der Waals surface area contributed by atoms with Gasteiger partial charge in [0.05, 0.1) is 24.3 Å². The van der Waals surface area contributed by atoms with Gasteiger partial charge in [0.2, 0.25) is 0 Å². The Morgan fingerprint density at radius 3 is 2.62 bits per heavy atom. The van der Waals surface area contributed by atoms with Crippen molar-refractivity contribution in [2.45, 2.75) is 18.6 Å². The molecule has 1 amide bonds. The van der Waals surface area contributed by atoms with Gasteiger partial charge in [-0.2, -0.15) is 0 Å². The van der Waals surface area contributed by atoms with Gasteiger partial charge in [-0.15, -0.1) is 0 Å². The normalized spacial score (nSPS) is 19.9. The van der Waals surface area contributed by atoms with Gasteiger partial charge in [-0.05, 0) is 17.7 Å². The number of aliphatic hydroxyl groups is 1. The van der Waals surface area contributed by atoms with E-state index in [1.807, 2.05) is 30.3 Å². The molecule has 3 N–H and O–H groups in total. The molecule has 0 radical (unpaired) electrons. The van der Waals surface area contributed by atoms with Crippen molar-refractivity contribution < 1.29 is 14.6 Å². The van der Waals surface area contributed by atoms with Crippen LogP contribution in [0.1, 0.15) is 15.9 Å². The fourth-order valence-electron chi connectivity index (χ4n) is 2.76. The molecule has 1 fully saturated rings. The lowest BCUT2D eigenvalue weighted by molar-refractivity contribution is 0.0884. The van der Waals surface area contributed by atoms with Crippen LogP contribution in [0.5, 0.6) is 5.75 Å². The topological polar surface area (TPSA) is 70.6 Å². The van der Waals surface area contributed by atoms with Crippen LogP contribution in [0.3, 0.4) is 0 Å². The molecule has 126 valence electrons. The Hall–Kier alpha value is -2.37. The minimum atomic E-state index is -0.555. The zero-order valence-corrected chi connectivity index (χ0v) is 13.4. The Kier molecular flexibility index (Phi) is 5.46. The minimum absolute atomic E-state index is 0.224. The number of carbonyl (C=O) groups excluding carboxylic acids is 1. The van der Waals surface area contributed by atoms with E-state index in [1.165, 1.54) is 5.56 Å². The number of amides is 1. The zero-order valence-electron chi connectivity index (χ0n) is 13.4. The highest BCUT2D eigenvalue weighted by atomic mass is 16.5. The van der Waals surface area contributed by atoms with Crippen LogP contribution in [0.25, 0.3) is 0 Å². The molecule has 0 bridgehead atoms. The first kappa shape index (κ1) is 16.5. The summed E-state index contributed by atoms with van der Waals surface area (Å²) < 4.78 is 5.81. The molecule has 2 aromatic rings. The summed E-state index contributed by atoms with van der Waals surface area (Å²) in [5, 5.41) is 15.7. The molecule has 0 saturated carbocycles. The maximum atomic E-state index is 12.5. The van der Waals surface area contributed by atoms with Crippen molar-refractivity contribution in [3.05, 3.63) is 65.7 Å². The van der Waals surface area contributed by atoms with Crippen LogP contribution in [-0.4, -0.2) is 42.9 Å². The van der Waals surface area contributed by atoms with Gasteiger partial charge in [-0.1, -0.05) is 42.5 Å². The SMILES string of the molecule is O=C(NC1CNCC1O)c1ccccc1OCCc1ccccc1. The molecule has 2 aromatic carbocycles. The van der Waals surface area contributed by atoms with E-state index >= 15 is 0 Å². The fourth-order valence-corrected chi connectivity index (χ4v) is 2.76. The van der Waals surface area contributed by atoms with Gasteiger partial charge in [-0.3, -0.25) is 4.79 Å². The Morgan fingerprint density at radius 2 is 1.88 bits per heavy atom. The van der Waals surface area contributed by atoms with Crippen molar-refractivity contribution in [2.75, 3.05) is 19.7 Å². The van der Waals surface area contributed by atoms with E-state index in [2.05, 4.69) is 22.8 Å². The number of aliphatic hydroxyl groups excluding tert-OH is 1. The first-order valence-electron chi connectivity index (χ1n) is 8.19. The van der Waals surface area contributed by atoms with Gasteiger partial charge in [0.15, 0.2) is 0 Å². The molecular weight excluding hydrogens is 304 g/mol. The summed E-state index contributed by atoms with van der Waals surface area (Å²) >= 11 is 0. The second-order valence-electron chi connectivity index (χ2n) is 5.89. The summed E-state index contributed by atoms with van der Waals surface area (Å²) in [6, 6.07) is 17.0. The number of benzene rings is 2. The van der Waals surface area contributed by atoms with Crippen LogP contribution >= 0.6 is 0 Å². The summed E-state index contributed by atoms with van der Waals surface area (Å²) in [5.41, 5.74) is 1.68. The lowest BCUT2D eigenvalue weighted by Crippen LogP contribution is -2.42. The van der Waals surface area contributed by atoms with Gasteiger partial charge >= 0.3 is 0 Å². The molecule has 5 heteroatoms. The third-order valence-corrected chi connectivity index (χ3v) is 4.12. The Labute approximate surface area is 141 Å². The van der Waals surface area contributed by atoms with Crippen molar-refractivity contribution in [1.29, 1.82) is 0 Å². The van der Waals surface area contributed by atoms with E-state index in [0.29, 0.717) is 31.0 Å². The van der Waals surface area contributed by atoms with Crippen molar-refractivity contribution in [1.82, 2.24) is 10.6 Å². The highest BCUT2D eigenvalue weighted by molar-refractivity contribution is 5.97. The molecule has 0 aliphatic carbocycles. The molecule has 24 heavy (non-hydrogen) atoms. The minimum Gasteiger partial charge on any atom is -0.492 e. The summed E-state index contributed by atoms with van der Waals surface area (Å²) in [7, 11) is 0. The van der Waals surface area contributed by atoms with E-state index in [9.17, 15) is 9.90 Å². The van der Waals surface area contributed by atoms with Gasteiger partial charge in [-0.25, -0.2) is 0 Å². The van der Waals surface area contributed by atoms with Crippen molar-refractivity contribution in [3.63, 3.8) is 0 Å². The number of para-hydroxylation sites is 1. The lowest BCUT2D eigenvalue weighted by Gasteiger charge is -2.17. The molecule has 2 unspecified atom stereocenters. The summed E-state index contributed by atoms with van der Waals surface area (Å²) in [6.45, 7) is 1.58. The average molecular weight is 326 g/mol. The maximum absolute atomic E-state index is 12.5. The monoisotopic (exact) mass is 326 g/mol. The predicted octanol–water partition coefficient (Wildman–Crippen LogP) is 1.37. The number of nitrogens with one attached hydrogen (secondary N) is 2. The van der Waals surface area contributed by atoms with Gasteiger partial charge in [0.25, 0.3) is 5.91 Å². The van der Waals surface area contributed by atoms with Crippen molar-refractivity contribution in [2.24, 2.45) is 0 Å². The van der Waals surface area contributed by atoms with Gasteiger partial charge in [0.1, 0.15) is 5.75 Å². The van der Waals surface area contributed by atoms with Crippen molar-refractivity contribution in [3.8, 4) is 5.75 Å². The molecule has 5 nitrogen and oxygen atoms in total. The van der Waals surface area contributed by atoms with Crippen molar-refractivity contribution >= 4 is 5.91 Å². The third-order valence-electron chi connectivity index (χ3n) is 4.12. The molecule has 3 rings (SSSR count). The molecule has 1 heterocycles. The van der Waals surface area contributed by atoms with E-state index < -0.39 is 6.10 Å². The van der Waals surface area contributed by atoms with Gasteiger partial charge in [0, 0.05) is 19.5 Å². The maximum Gasteiger partial charge on any atom is 0.255 e. The molecule has 1 saturated heterocycles. The van der Waals surface area contributed by atoms with Crippen LogP contribution in [-0.2, 0) is 6.42 Å². The van der Waals surface area contributed by atoms with Crippen LogP contribution in [0, 0.1) is 0 Å². The second kappa shape index (κ2) is 7.95. The average Bonchev–Trinajstić information content (AvgIpc) is 3.01. The molecule has 0 spiro atoms. The second-order valence-corrected chi connectivity index (χ2v) is 5.89. The standard InChI is InChI=1S/C19H22N2O3/c22-17-13-20-12-16(17)21-19(23)15-8-4-5-9-18(15)24-11-10-14-6-2-1-3-7-14/h1-9,16-17,20,22H,10-13H2,(H,21,23). The Balaban J connectivity index is 1.61. The third kappa shape index (κ3) is 4.13. The number of β-amino-alcohol motifs (C(OH)–C–C–N with tert-alkyl or cyclic N) is 1. The summed E-state index contributed by atoms with van der Waals surface area (Å²) in [5.74, 6) is 0.337.